The second kappa shape index (κ2) is 5.86. The number of nitrogens with two attached hydrogens (primary N) is 1. The number of nitrogens with zero attached hydrogens (tertiary/aromatic N) is 1. The van der Waals surface area contributed by atoms with E-state index in [2.05, 4.69) is 5.32 Å². The topological polar surface area (TPSA) is 91.4 Å². The Morgan fingerprint density at radius 1 is 1.47 bits per heavy atom. The Morgan fingerprint density at radius 2 is 2.06 bits per heavy atom. The van der Waals surface area contributed by atoms with Crippen molar-refractivity contribution in [3.05, 3.63) is 35.4 Å². The number of hydrogen-bond donors (Lipinski definition) is 3. The number of hydroxylamine groups is 2. The molecule has 0 heterocycles. The summed E-state index contributed by atoms with van der Waals surface area (Å²) in [6.45, 7) is 0.328. The number of rotatable bonds is 4. The lowest BCUT2D eigenvalue weighted by atomic mass is 10.1. The molecule has 17 heavy (non-hydrogen) atoms. The smallest absolute Gasteiger partial charge is 0.341 e. The summed E-state index contributed by atoms with van der Waals surface area (Å²) >= 11 is 0. The lowest BCUT2D eigenvalue weighted by molar-refractivity contribution is -0.0927. The van der Waals surface area contributed by atoms with E-state index < -0.39 is 0 Å². The molecule has 92 valence electrons. The second-order valence-electron chi connectivity index (χ2n) is 3.38. The van der Waals surface area contributed by atoms with Crippen LogP contribution in [0.1, 0.15) is 11.1 Å². The van der Waals surface area contributed by atoms with E-state index in [1.165, 1.54) is 19.2 Å². The van der Waals surface area contributed by atoms with Crippen LogP contribution in [-0.2, 0) is 11.4 Å². The Hall–Kier alpha value is -2.08. The summed E-state index contributed by atoms with van der Waals surface area (Å²) in [4.78, 5) is 16.3. The molecular formula is C11H16N4O2. The molecule has 1 rings (SSSR count). The van der Waals surface area contributed by atoms with Crippen LogP contribution in [0.3, 0.4) is 0 Å². The number of carbonyl (C=O) groups is 1. The predicted octanol–water partition coefficient (Wildman–Crippen LogP) is 0.673. The van der Waals surface area contributed by atoms with E-state index in [9.17, 15) is 4.79 Å². The Balaban J connectivity index is 2.74. The summed E-state index contributed by atoms with van der Waals surface area (Å²) in [6, 6.07) is 6.74. The first-order valence-electron chi connectivity index (χ1n) is 5.05. The predicted molar refractivity (Wildman–Crippen MR) is 64.5 cm³/mol. The van der Waals surface area contributed by atoms with Crippen molar-refractivity contribution in [2.45, 2.75) is 6.54 Å². The fourth-order valence-corrected chi connectivity index (χ4v) is 1.30. The average Bonchev–Trinajstić information content (AvgIpc) is 2.35. The number of amides is 2. The standard InChI is InChI=1S/C11H16N4O2/c1-14-11(16)15(17-2)7-8-3-5-9(6-4-8)10(12)13/h3-6H,7H2,1-2H3,(H3,12,13)(H,14,16). The molecule has 0 bridgehead atoms. The molecule has 0 atom stereocenters. The minimum absolute atomic E-state index is 0.0199. The largest absolute Gasteiger partial charge is 0.384 e. The van der Waals surface area contributed by atoms with Gasteiger partial charge in [0.05, 0.1) is 13.7 Å². The van der Waals surface area contributed by atoms with Crippen LogP contribution < -0.4 is 11.1 Å². The van der Waals surface area contributed by atoms with Crippen LogP contribution in [0.4, 0.5) is 4.79 Å². The Kier molecular flexibility index (Phi) is 4.47. The normalized spacial score (nSPS) is 9.76. The first-order valence-corrected chi connectivity index (χ1v) is 5.05. The zero-order valence-corrected chi connectivity index (χ0v) is 9.86. The van der Waals surface area contributed by atoms with Gasteiger partial charge in [0.2, 0.25) is 0 Å². The van der Waals surface area contributed by atoms with Crippen LogP contribution in [0.5, 0.6) is 0 Å². The van der Waals surface area contributed by atoms with Crippen LogP contribution in [0.25, 0.3) is 0 Å². The van der Waals surface area contributed by atoms with Gasteiger partial charge in [0.1, 0.15) is 5.84 Å². The van der Waals surface area contributed by atoms with Crippen LogP contribution in [0.2, 0.25) is 0 Å². The molecule has 0 saturated carbocycles. The van der Waals surface area contributed by atoms with E-state index in [4.69, 9.17) is 16.0 Å². The number of nitrogen functional groups attached to an aromatic ring is 1. The van der Waals surface area contributed by atoms with Crippen LogP contribution in [-0.4, -0.2) is 31.1 Å². The molecule has 2 amide bonds. The van der Waals surface area contributed by atoms with Crippen molar-refractivity contribution in [2.75, 3.05) is 14.2 Å². The molecule has 0 saturated heterocycles. The van der Waals surface area contributed by atoms with Gasteiger partial charge in [-0.05, 0) is 5.56 Å². The van der Waals surface area contributed by atoms with Crippen molar-refractivity contribution >= 4 is 11.9 Å². The molecule has 6 heteroatoms. The zero-order chi connectivity index (χ0) is 12.8. The van der Waals surface area contributed by atoms with Crippen LogP contribution in [0.15, 0.2) is 24.3 Å². The van der Waals surface area contributed by atoms with Crippen molar-refractivity contribution < 1.29 is 9.63 Å². The Morgan fingerprint density at radius 3 is 2.47 bits per heavy atom. The second-order valence-corrected chi connectivity index (χ2v) is 3.38. The molecular weight excluding hydrogens is 220 g/mol. The summed E-state index contributed by atoms with van der Waals surface area (Å²) in [5.74, 6) is 0.0199. The van der Waals surface area contributed by atoms with Crippen LogP contribution in [0, 0.1) is 5.41 Å². The quantitative estimate of drug-likeness (QED) is 0.407. The molecule has 1 aromatic rings. The molecule has 4 N–H and O–H groups in total. The summed E-state index contributed by atoms with van der Waals surface area (Å²) < 4.78 is 0. The first kappa shape index (κ1) is 13.0. The highest BCUT2D eigenvalue weighted by atomic mass is 16.7. The molecule has 0 spiro atoms. The molecule has 1 aromatic carbocycles. The van der Waals surface area contributed by atoms with E-state index in [1.54, 1.807) is 24.3 Å². The van der Waals surface area contributed by atoms with Gasteiger partial charge in [0.15, 0.2) is 0 Å². The zero-order valence-electron chi connectivity index (χ0n) is 9.86. The fraction of sp³-hybridized carbons (Fsp3) is 0.273. The third kappa shape index (κ3) is 3.46. The van der Waals surface area contributed by atoms with E-state index in [1.807, 2.05) is 0 Å². The van der Waals surface area contributed by atoms with Gasteiger partial charge in [-0.2, -0.15) is 5.06 Å². The molecule has 0 aliphatic rings. The van der Waals surface area contributed by atoms with Gasteiger partial charge in [-0.3, -0.25) is 10.2 Å². The van der Waals surface area contributed by atoms with E-state index >= 15 is 0 Å². The number of hydrogen-bond acceptors (Lipinski definition) is 3. The monoisotopic (exact) mass is 236 g/mol. The lowest BCUT2D eigenvalue weighted by Crippen LogP contribution is -2.36. The number of nitrogens with one attached hydrogen (secondary N) is 2. The van der Waals surface area contributed by atoms with Crippen LogP contribution >= 0.6 is 0 Å². The molecule has 0 aromatic heterocycles. The maximum absolute atomic E-state index is 11.4. The minimum atomic E-state index is -0.317. The molecule has 6 nitrogen and oxygen atoms in total. The van der Waals surface area contributed by atoms with E-state index in [0.717, 1.165) is 5.56 Å². The third-order valence-corrected chi connectivity index (χ3v) is 2.25. The lowest BCUT2D eigenvalue weighted by Gasteiger charge is -2.19. The minimum Gasteiger partial charge on any atom is -0.384 e. The maximum Gasteiger partial charge on any atom is 0.341 e. The third-order valence-electron chi connectivity index (χ3n) is 2.25. The maximum atomic E-state index is 11.4. The molecule has 0 radical (unpaired) electrons. The first-order chi connectivity index (χ1) is 8.08. The highest BCUT2D eigenvalue weighted by molar-refractivity contribution is 5.94. The van der Waals surface area contributed by atoms with E-state index in [0.29, 0.717) is 12.1 Å². The van der Waals surface area contributed by atoms with Crippen molar-refractivity contribution in [1.29, 1.82) is 5.41 Å². The fourth-order valence-electron chi connectivity index (χ4n) is 1.30. The Labute approximate surface area is 99.8 Å². The highest BCUT2D eigenvalue weighted by Gasteiger charge is 2.11. The number of amidine groups is 1. The van der Waals surface area contributed by atoms with Gasteiger partial charge < -0.3 is 11.1 Å². The van der Waals surface area contributed by atoms with E-state index in [-0.39, 0.29) is 11.9 Å². The highest BCUT2D eigenvalue weighted by Crippen LogP contribution is 2.07. The van der Waals surface area contributed by atoms with Crippen molar-refractivity contribution in [3.8, 4) is 0 Å². The van der Waals surface area contributed by atoms with Gasteiger partial charge >= 0.3 is 6.03 Å². The molecule has 0 aliphatic carbocycles. The van der Waals surface area contributed by atoms with Gasteiger partial charge in [-0.15, -0.1) is 0 Å². The molecule has 0 aliphatic heterocycles. The van der Waals surface area contributed by atoms with Crippen molar-refractivity contribution in [1.82, 2.24) is 10.4 Å². The summed E-state index contributed by atoms with van der Waals surface area (Å²) in [5.41, 5.74) is 6.88. The number of carbonyl (C=O) groups excluding carboxylic acids is 1. The van der Waals surface area contributed by atoms with Gasteiger partial charge in [-0.1, -0.05) is 24.3 Å². The van der Waals surface area contributed by atoms with Crippen molar-refractivity contribution in [3.63, 3.8) is 0 Å². The van der Waals surface area contributed by atoms with Gasteiger partial charge in [0.25, 0.3) is 0 Å². The SMILES string of the molecule is CNC(=O)N(Cc1ccc(C(=N)N)cc1)OC. The summed E-state index contributed by atoms with van der Waals surface area (Å²) in [7, 11) is 2.96. The number of benzene rings is 1. The van der Waals surface area contributed by atoms with Gasteiger partial charge in [0, 0.05) is 12.6 Å². The molecule has 0 unspecified atom stereocenters. The van der Waals surface area contributed by atoms with Gasteiger partial charge in [-0.25, -0.2) is 4.79 Å². The number of urea groups is 1. The summed E-state index contributed by atoms with van der Waals surface area (Å²) in [6.07, 6.45) is 0. The molecule has 0 fully saturated rings. The van der Waals surface area contributed by atoms with Crippen molar-refractivity contribution in [2.24, 2.45) is 5.73 Å². The Bertz CT molecular complexity index is 402. The summed E-state index contributed by atoms with van der Waals surface area (Å²) in [5, 5.41) is 10.9. The average molecular weight is 236 g/mol.